The molecule has 0 aliphatic carbocycles. The van der Waals surface area contributed by atoms with E-state index >= 15 is 0 Å². The third kappa shape index (κ3) is 8.78. The number of aliphatic hydroxyl groups is 1. The van der Waals surface area contributed by atoms with E-state index < -0.39 is 6.10 Å². The molecule has 1 aliphatic rings. The number of anilines is 1. The van der Waals surface area contributed by atoms with Crippen molar-refractivity contribution in [3.8, 4) is 5.75 Å². The first-order valence-electron chi connectivity index (χ1n) is 12.7. The second kappa shape index (κ2) is 12.2. The van der Waals surface area contributed by atoms with Gasteiger partial charge in [0.25, 0.3) is 0 Å². The molecular formula is C29H43FN2O3. The fourth-order valence-electron chi connectivity index (χ4n) is 5.10. The maximum absolute atomic E-state index is 14.0. The van der Waals surface area contributed by atoms with Crippen LogP contribution < -0.4 is 9.64 Å². The van der Waals surface area contributed by atoms with E-state index in [1.807, 2.05) is 24.3 Å². The first-order chi connectivity index (χ1) is 16.5. The molecule has 1 heterocycles. The van der Waals surface area contributed by atoms with Gasteiger partial charge >= 0.3 is 0 Å². The topological polar surface area (TPSA) is 45.2 Å². The van der Waals surface area contributed by atoms with E-state index in [0.717, 1.165) is 38.3 Å². The summed E-state index contributed by atoms with van der Waals surface area (Å²) in [4.78, 5) is 4.26. The second-order valence-corrected chi connectivity index (χ2v) is 11.5. The minimum Gasteiger partial charge on any atom is -0.491 e. The Morgan fingerprint density at radius 1 is 0.914 bits per heavy atom. The van der Waals surface area contributed by atoms with Gasteiger partial charge in [-0.1, -0.05) is 58.9 Å². The maximum Gasteiger partial charge on any atom is 0.146 e. The Hall–Kier alpha value is -2.15. The van der Waals surface area contributed by atoms with Crippen LogP contribution in [-0.4, -0.2) is 68.7 Å². The molecule has 0 amide bonds. The zero-order valence-electron chi connectivity index (χ0n) is 22.1. The number of aliphatic hydroxyl groups excluding tert-OH is 1. The fourth-order valence-corrected chi connectivity index (χ4v) is 5.10. The minimum atomic E-state index is -0.556. The lowest BCUT2D eigenvalue weighted by Crippen LogP contribution is -2.49. The average molecular weight is 487 g/mol. The Kier molecular flexibility index (Phi) is 9.56. The van der Waals surface area contributed by atoms with Gasteiger partial charge in [0.15, 0.2) is 0 Å². The first-order valence-corrected chi connectivity index (χ1v) is 12.7. The van der Waals surface area contributed by atoms with Crippen LogP contribution in [0, 0.1) is 11.2 Å². The predicted molar refractivity (Wildman–Crippen MR) is 141 cm³/mol. The highest BCUT2D eigenvalue weighted by Gasteiger charge is 2.27. The molecule has 5 nitrogen and oxygen atoms in total. The summed E-state index contributed by atoms with van der Waals surface area (Å²) >= 11 is 0. The van der Waals surface area contributed by atoms with Crippen molar-refractivity contribution < 1.29 is 19.0 Å². The van der Waals surface area contributed by atoms with Crippen molar-refractivity contribution in [2.45, 2.75) is 52.6 Å². The normalized spacial score (nSPS) is 16.4. The largest absolute Gasteiger partial charge is 0.491 e. The van der Waals surface area contributed by atoms with Crippen molar-refractivity contribution in [2.24, 2.45) is 5.41 Å². The minimum absolute atomic E-state index is 0.112. The third-order valence-corrected chi connectivity index (χ3v) is 6.45. The summed E-state index contributed by atoms with van der Waals surface area (Å²) in [7, 11) is 0. The van der Waals surface area contributed by atoms with Crippen molar-refractivity contribution in [3.05, 3.63) is 59.9 Å². The van der Waals surface area contributed by atoms with Gasteiger partial charge in [-0.2, -0.15) is 0 Å². The van der Waals surface area contributed by atoms with E-state index in [1.165, 1.54) is 11.6 Å². The lowest BCUT2D eigenvalue weighted by atomic mass is 9.72. The van der Waals surface area contributed by atoms with Crippen molar-refractivity contribution in [3.63, 3.8) is 0 Å². The molecule has 0 aromatic heterocycles. The van der Waals surface area contributed by atoms with E-state index in [1.54, 1.807) is 6.07 Å². The first kappa shape index (κ1) is 27.4. The van der Waals surface area contributed by atoms with Gasteiger partial charge in [0, 0.05) is 32.7 Å². The molecule has 35 heavy (non-hydrogen) atoms. The summed E-state index contributed by atoms with van der Waals surface area (Å²) in [5.74, 6) is 0.647. The number of β-amino-alcohol motifs (C(OH)–C–C–N with tert-alkyl or cyclic N) is 1. The van der Waals surface area contributed by atoms with Gasteiger partial charge in [0.05, 0.1) is 25.0 Å². The van der Waals surface area contributed by atoms with Crippen LogP contribution in [0.4, 0.5) is 10.1 Å². The Morgan fingerprint density at radius 2 is 1.57 bits per heavy atom. The van der Waals surface area contributed by atoms with Crippen molar-refractivity contribution in [1.82, 2.24) is 4.90 Å². The van der Waals surface area contributed by atoms with E-state index in [4.69, 9.17) is 9.47 Å². The number of hydrogen-bond donors (Lipinski definition) is 1. The summed E-state index contributed by atoms with van der Waals surface area (Å²) in [6.07, 6.45) is 0.553. The molecule has 0 radical (unpaired) electrons. The molecule has 1 atom stereocenters. The van der Waals surface area contributed by atoms with Crippen LogP contribution in [0.15, 0.2) is 48.5 Å². The molecule has 2 aromatic rings. The highest BCUT2D eigenvalue weighted by molar-refractivity contribution is 5.48. The fraction of sp³-hybridized carbons (Fsp3) is 0.586. The molecule has 1 fully saturated rings. The molecule has 6 heteroatoms. The predicted octanol–water partition coefficient (Wildman–Crippen LogP) is 5.12. The molecule has 3 rings (SSSR count). The number of para-hydroxylation sites is 1. The van der Waals surface area contributed by atoms with Gasteiger partial charge in [-0.3, -0.25) is 4.90 Å². The number of piperazine rings is 1. The van der Waals surface area contributed by atoms with E-state index in [2.05, 4.69) is 56.6 Å². The van der Waals surface area contributed by atoms with Gasteiger partial charge in [-0.25, -0.2) is 4.39 Å². The lowest BCUT2D eigenvalue weighted by molar-refractivity contribution is 0.00716. The zero-order valence-corrected chi connectivity index (χ0v) is 22.1. The molecule has 1 N–H and O–H groups in total. The number of halogens is 1. The van der Waals surface area contributed by atoms with E-state index in [0.29, 0.717) is 25.4 Å². The van der Waals surface area contributed by atoms with Crippen molar-refractivity contribution >= 4 is 5.69 Å². The average Bonchev–Trinajstić information content (AvgIpc) is 2.79. The highest BCUT2D eigenvalue weighted by atomic mass is 19.1. The smallest absolute Gasteiger partial charge is 0.146 e. The van der Waals surface area contributed by atoms with Gasteiger partial charge in [-0.15, -0.1) is 0 Å². The molecule has 0 unspecified atom stereocenters. The number of hydrogen-bond acceptors (Lipinski definition) is 5. The third-order valence-electron chi connectivity index (χ3n) is 6.45. The number of rotatable bonds is 11. The van der Waals surface area contributed by atoms with Crippen LogP contribution in [0.2, 0.25) is 0 Å². The summed E-state index contributed by atoms with van der Waals surface area (Å²) < 4.78 is 25.4. The summed E-state index contributed by atoms with van der Waals surface area (Å²) in [6.45, 7) is 16.2. The Bertz CT molecular complexity index is 903. The van der Waals surface area contributed by atoms with Crippen molar-refractivity contribution in [2.75, 3.05) is 57.4 Å². The van der Waals surface area contributed by atoms with Crippen LogP contribution >= 0.6 is 0 Å². The highest BCUT2D eigenvalue weighted by Crippen LogP contribution is 2.36. The quantitative estimate of drug-likeness (QED) is 0.447. The number of nitrogens with zero attached hydrogens (tertiary/aromatic N) is 2. The summed E-state index contributed by atoms with van der Waals surface area (Å²) in [5, 5.41) is 10.4. The summed E-state index contributed by atoms with van der Waals surface area (Å²) in [6, 6.07) is 15.2. The van der Waals surface area contributed by atoms with Crippen molar-refractivity contribution in [1.29, 1.82) is 0 Å². The molecule has 1 saturated heterocycles. The monoisotopic (exact) mass is 486 g/mol. The number of ether oxygens (including phenoxy) is 2. The molecule has 194 valence electrons. The van der Waals surface area contributed by atoms with Crippen LogP contribution in [0.3, 0.4) is 0 Å². The Labute approximate surface area is 210 Å². The molecule has 2 aromatic carbocycles. The van der Waals surface area contributed by atoms with Crippen LogP contribution in [0.25, 0.3) is 0 Å². The van der Waals surface area contributed by atoms with Gasteiger partial charge in [0.1, 0.15) is 18.2 Å². The molecule has 0 bridgehead atoms. The number of benzene rings is 2. The lowest BCUT2D eigenvalue weighted by Gasteiger charge is -2.36. The molecule has 0 saturated carbocycles. The molecular weight excluding hydrogens is 443 g/mol. The zero-order chi connectivity index (χ0) is 25.5. The Balaban J connectivity index is 1.30. The van der Waals surface area contributed by atoms with Crippen LogP contribution in [-0.2, 0) is 10.2 Å². The second-order valence-electron chi connectivity index (χ2n) is 11.5. The van der Waals surface area contributed by atoms with E-state index in [9.17, 15) is 9.50 Å². The van der Waals surface area contributed by atoms with Gasteiger partial charge in [0.2, 0.25) is 0 Å². The standard InChI is InChI=1S/C29H43FN2O3/c1-28(2,3)22-29(4,5)23-10-12-25(13-11-23)35-19-18-34-21-24(33)20-31-14-16-32(17-15-31)27-9-7-6-8-26(27)30/h6-13,24,33H,14-22H2,1-5H3/t24-/m1/s1. The molecule has 1 aliphatic heterocycles. The van der Waals surface area contributed by atoms with Crippen LogP contribution in [0.5, 0.6) is 5.75 Å². The molecule has 0 spiro atoms. The maximum atomic E-state index is 14.0. The van der Waals surface area contributed by atoms with Gasteiger partial charge in [-0.05, 0) is 47.1 Å². The Morgan fingerprint density at radius 3 is 2.20 bits per heavy atom. The van der Waals surface area contributed by atoms with Gasteiger partial charge < -0.3 is 19.5 Å². The van der Waals surface area contributed by atoms with E-state index in [-0.39, 0.29) is 23.3 Å². The summed E-state index contributed by atoms with van der Waals surface area (Å²) in [5.41, 5.74) is 2.35. The SMILES string of the molecule is CC(C)(C)CC(C)(C)c1ccc(OCCOC[C@H](O)CN2CCN(c3ccccc3F)CC2)cc1. The van der Waals surface area contributed by atoms with Crippen LogP contribution in [0.1, 0.15) is 46.6 Å².